The van der Waals surface area contributed by atoms with E-state index in [4.69, 9.17) is 0 Å². The molecular formula is C19H27N3O. The predicted octanol–water partition coefficient (Wildman–Crippen LogP) is 5.32. The summed E-state index contributed by atoms with van der Waals surface area (Å²) in [5.41, 5.74) is 3.05. The molecule has 0 unspecified atom stereocenters. The van der Waals surface area contributed by atoms with Gasteiger partial charge in [-0.15, -0.1) is 0 Å². The Labute approximate surface area is 138 Å². The Morgan fingerprint density at radius 2 is 1.65 bits per heavy atom. The maximum atomic E-state index is 9.59. The van der Waals surface area contributed by atoms with Crippen LogP contribution in [-0.2, 0) is 0 Å². The van der Waals surface area contributed by atoms with Gasteiger partial charge in [0.25, 0.3) is 0 Å². The Bertz CT molecular complexity index is 647. The van der Waals surface area contributed by atoms with Crippen molar-refractivity contribution in [3.63, 3.8) is 0 Å². The standard InChI is InChI=1S/C19H27N3O/c23-21-17-12-7-5-3-1-2-4-6-8-13-19(17)22-15-20-16-11-9-10-14-18(16)22/h9-11,14-15,19,23H,1-8,12-13H2/b21-17+/t19-/m0/s1. The van der Waals surface area contributed by atoms with Crippen molar-refractivity contribution in [2.24, 2.45) is 5.16 Å². The minimum Gasteiger partial charge on any atom is -0.411 e. The van der Waals surface area contributed by atoms with E-state index in [1.807, 2.05) is 24.5 Å². The molecule has 3 rings (SSSR count). The van der Waals surface area contributed by atoms with Crippen molar-refractivity contribution in [3.8, 4) is 0 Å². The van der Waals surface area contributed by atoms with Crippen molar-refractivity contribution in [3.05, 3.63) is 30.6 Å². The fourth-order valence-electron chi connectivity index (χ4n) is 3.68. The summed E-state index contributed by atoms with van der Waals surface area (Å²) in [6.07, 6.45) is 13.9. The smallest absolute Gasteiger partial charge is 0.0964 e. The third-order valence-corrected chi connectivity index (χ3v) is 4.99. The van der Waals surface area contributed by atoms with E-state index in [9.17, 15) is 5.21 Å². The molecule has 1 aliphatic carbocycles. The quantitative estimate of drug-likeness (QED) is 0.572. The molecule has 124 valence electrons. The zero-order valence-electron chi connectivity index (χ0n) is 13.8. The van der Waals surface area contributed by atoms with Crippen molar-refractivity contribution in [1.82, 2.24) is 9.55 Å². The van der Waals surface area contributed by atoms with Gasteiger partial charge < -0.3 is 9.77 Å². The molecule has 0 aliphatic heterocycles. The van der Waals surface area contributed by atoms with Crippen LogP contribution in [0.25, 0.3) is 11.0 Å². The van der Waals surface area contributed by atoms with Gasteiger partial charge in [0.1, 0.15) is 0 Å². The third-order valence-electron chi connectivity index (χ3n) is 4.99. The topological polar surface area (TPSA) is 50.4 Å². The Morgan fingerprint density at radius 1 is 0.957 bits per heavy atom. The summed E-state index contributed by atoms with van der Waals surface area (Å²) >= 11 is 0. The summed E-state index contributed by atoms with van der Waals surface area (Å²) in [7, 11) is 0. The minimum absolute atomic E-state index is 0.131. The van der Waals surface area contributed by atoms with Crippen LogP contribution in [0.5, 0.6) is 0 Å². The lowest BCUT2D eigenvalue weighted by Crippen LogP contribution is -2.19. The van der Waals surface area contributed by atoms with E-state index >= 15 is 0 Å². The lowest BCUT2D eigenvalue weighted by atomic mass is 9.96. The number of nitrogens with zero attached hydrogens (tertiary/aromatic N) is 3. The minimum atomic E-state index is 0.131. The van der Waals surface area contributed by atoms with Gasteiger partial charge in [0.2, 0.25) is 0 Å². The van der Waals surface area contributed by atoms with Gasteiger partial charge in [-0.05, 0) is 31.4 Å². The molecule has 23 heavy (non-hydrogen) atoms. The Kier molecular flexibility index (Phi) is 5.67. The van der Waals surface area contributed by atoms with E-state index in [2.05, 4.69) is 20.8 Å². The van der Waals surface area contributed by atoms with Crippen LogP contribution in [0.2, 0.25) is 0 Å². The van der Waals surface area contributed by atoms with Gasteiger partial charge in [-0.3, -0.25) is 0 Å². The molecule has 0 amide bonds. The van der Waals surface area contributed by atoms with Crippen molar-refractivity contribution < 1.29 is 5.21 Å². The second kappa shape index (κ2) is 8.14. The number of oxime groups is 1. The van der Waals surface area contributed by atoms with Gasteiger partial charge >= 0.3 is 0 Å². The zero-order chi connectivity index (χ0) is 15.9. The van der Waals surface area contributed by atoms with E-state index in [1.54, 1.807) is 0 Å². The molecule has 1 aliphatic rings. The molecule has 1 aromatic heterocycles. The summed E-state index contributed by atoms with van der Waals surface area (Å²) in [5, 5.41) is 13.3. The maximum absolute atomic E-state index is 9.59. The SMILES string of the molecule is O/N=C1\CCCCCCCCCC[C@@H]1n1cnc2ccccc21. The van der Waals surface area contributed by atoms with E-state index in [-0.39, 0.29) is 6.04 Å². The maximum Gasteiger partial charge on any atom is 0.0964 e. The monoisotopic (exact) mass is 313 g/mol. The Balaban J connectivity index is 1.87. The zero-order valence-corrected chi connectivity index (χ0v) is 13.8. The molecule has 1 fully saturated rings. The summed E-state index contributed by atoms with van der Waals surface area (Å²) < 4.78 is 2.20. The highest BCUT2D eigenvalue weighted by Gasteiger charge is 2.20. The molecule has 4 nitrogen and oxygen atoms in total. The van der Waals surface area contributed by atoms with E-state index in [0.29, 0.717) is 0 Å². The van der Waals surface area contributed by atoms with Crippen LogP contribution >= 0.6 is 0 Å². The van der Waals surface area contributed by atoms with E-state index < -0.39 is 0 Å². The summed E-state index contributed by atoms with van der Waals surface area (Å²) in [6.45, 7) is 0. The molecule has 0 bridgehead atoms. The number of rotatable bonds is 1. The van der Waals surface area contributed by atoms with Crippen LogP contribution in [0.4, 0.5) is 0 Å². The first kappa shape index (κ1) is 16.0. The fraction of sp³-hybridized carbons (Fsp3) is 0.579. The Morgan fingerprint density at radius 3 is 2.43 bits per heavy atom. The molecule has 1 N–H and O–H groups in total. The van der Waals surface area contributed by atoms with Crippen LogP contribution < -0.4 is 0 Å². The molecule has 2 aromatic rings. The van der Waals surface area contributed by atoms with Crippen LogP contribution in [0.1, 0.15) is 70.3 Å². The second-order valence-electron chi connectivity index (χ2n) is 6.61. The average Bonchev–Trinajstić information content (AvgIpc) is 2.99. The van der Waals surface area contributed by atoms with Gasteiger partial charge in [0.15, 0.2) is 0 Å². The van der Waals surface area contributed by atoms with Gasteiger partial charge in [-0.1, -0.05) is 62.2 Å². The number of benzene rings is 1. The summed E-state index contributed by atoms with van der Waals surface area (Å²) in [5.74, 6) is 0. The average molecular weight is 313 g/mol. The van der Waals surface area contributed by atoms with Crippen molar-refractivity contribution in [1.29, 1.82) is 0 Å². The van der Waals surface area contributed by atoms with Gasteiger partial charge in [-0.2, -0.15) is 0 Å². The first-order valence-electron chi connectivity index (χ1n) is 9.02. The van der Waals surface area contributed by atoms with Gasteiger partial charge in [-0.25, -0.2) is 4.98 Å². The van der Waals surface area contributed by atoms with E-state index in [0.717, 1.165) is 36.0 Å². The Hall–Kier alpha value is -1.84. The van der Waals surface area contributed by atoms with Crippen LogP contribution in [0, 0.1) is 0 Å². The first-order chi connectivity index (χ1) is 11.4. The fourth-order valence-corrected chi connectivity index (χ4v) is 3.68. The number of hydrogen-bond donors (Lipinski definition) is 1. The van der Waals surface area contributed by atoms with Crippen molar-refractivity contribution >= 4 is 16.7 Å². The van der Waals surface area contributed by atoms with Crippen molar-refractivity contribution in [2.75, 3.05) is 0 Å². The third kappa shape index (κ3) is 3.92. The molecule has 1 heterocycles. The molecule has 1 saturated carbocycles. The summed E-state index contributed by atoms with van der Waals surface area (Å²) in [4.78, 5) is 4.52. The number of aromatic nitrogens is 2. The van der Waals surface area contributed by atoms with Crippen LogP contribution in [-0.4, -0.2) is 20.5 Å². The number of hydrogen-bond acceptors (Lipinski definition) is 3. The highest BCUT2D eigenvalue weighted by molar-refractivity contribution is 5.89. The number of imidazole rings is 1. The first-order valence-corrected chi connectivity index (χ1v) is 9.02. The van der Waals surface area contributed by atoms with Crippen molar-refractivity contribution in [2.45, 2.75) is 70.3 Å². The van der Waals surface area contributed by atoms with Gasteiger partial charge in [0, 0.05) is 0 Å². The van der Waals surface area contributed by atoms with E-state index in [1.165, 1.54) is 44.9 Å². The molecule has 1 aromatic carbocycles. The van der Waals surface area contributed by atoms with Crippen LogP contribution in [0.3, 0.4) is 0 Å². The van der Waals surface area contributed by atoms with Crippen LogP contribution in [0.15, 0.2) is 35.7 Å². The number of fused-ring (bicyclic) bond motifs is 1. The predicted molar refractivity (Wildman–Crippen MR) is 94.2 cm³/mol. The molecule has 1 atom stereocenters. The largest absolute Gasteiger partial charge is 0.411 e. The molecule has 0 radical (unpaired) electrons. The highest BCUT2D eigenvalue weighted by Crippen LogP contribution is 2.26. The summed E-state index contributed by atoms with van der Waals surface area (Å²) in [6, 6.07) is 8.34. The molecule has 4 heteroatoms. The van der Waals surface area contributed by atoms with Gasteiger partial charge in [0.05, 0.1) is 29.1 Å². The lowest BCUT2D eigenvalue weighted by molar-refractivity contribution is 0.311. The second-order valence-corrected chi connectivity index (χ2v) is 6.61. The molecular weight excluding hydrogens is 286 g/mol. The molecule has 0 saturated heterocycles. The lowest BCUT2D eigenvalue weighted by Gasteiger charge is -2.21. The highest BCUT2D eigenvalue weighted by atomic mass is 16.4. The number of para-hydroxylation sites is 2. The molecule has 0 spiro atoms. The normalized spacial score (nSPS) is 23.5.